The molecule has 0 aliphatic heterocycles. The number of hydrogen-bond acceptors (Lipinski definition) is 4. The molecule has 0 fully saturated rings. The molecule has 0 amide bonds. The highest BCUT2D eigenvalue weighted by molar-refractivity contribution is 5.60. The first-order valence-corrected chi connectivity index (χ1v) is 6.82. The molecular formula is C15H16F3N3O. The highest BCUT2D eigenvalue weighted by Crippen LogP contribution is 2.31. The van der Waals surface area contributed by atoms with E-state index in [1.165, 1.54) is 6.07 Å². The Labute approximate surface area is 126 Å². The van der Waals surface area contributed by atoms with E-state index in [9.17, 15) is 13.2 Å². The highest BCUT2D eigenvalue weighted by Gasteiger charge is 2.30. The van der Waals surface area contributed by atoms with Crippen LogP contribution in [0, 0.1) is 0 Å². The van der Waals surface area contributed by atoms with Gasteiger partial charge in [0.1, 0.15) is 5.82 Å². The van der Waals surface area contributed by atoms with Crippen LogP contribution in [0.3, 0.4) is 0 Å². The van der Waals surface area contributed by atoms with E-state index in [1.54, 1.807) is 18.2 Å². The fraction of sp³-hybridized carbons (Fsp3) is 0.333. The van der Waals surface area contributed by atoms with Gasteiger partial charge in [0.05, 0.1) is 23.9 Å². The lowest BCUT2D eigenvalue weighted by Gasteiger charge is -2.14. The molecule has 2 N–H and O–H groups in total. The van der Waals surface area contributed by atoms with Gasteiger partial charge in [0.2, 0.25) is 0 Å². The van der Waals surface area contributed by atoms with Crippen LogP contribution < -0.4 is 5.32 Å². The zero-order chi connectivity index (χ0) is 16.2. The summed E-state index contributed by atoms with van der Waals surface area (Å²) in [4.78, 5) is 0. The lowest BCUT2D eigenvalue weighted by molar-refractivity contribution is -0.137. The van der Waals surface area contributed by atoms with Crippen molar-refractivity contribution in [2.75, 3.05) is 11.9 Å². The Balaban J connectivity index is 2.20. The number of anilines is 1. The van der Waals surface area contributed by atoms with Crippen molar-refractivity contribution in [3.05, 3.63) is 42.0 Å². The Bertz CT molecular complexity index is 610. The number of aliphatic hydroxyl groups excluding tert-OH is 1. The van der Waals surface area contributed by atoms with Crippen LogP contribution in [0.25, 0.3) is 11.3 Å². The third-order valence-corrected chi connectivity index (χ3v) is 3.22. The first-order chi connectivity index (χ1) is 10.4. The third kappa shape index (κ3) is 3.94. The average Bonchev–Trinajstić information content (AvgIpc) is 2.52. The van der Waals surface area contributed by atoms with Crippen molar-refractivity contribution in [2.24, 2.45) is 0 Å². The van der Waals surface area contributed by atoms with Crippen LogP contribution >= 0.6 is 0 Å². The fourth-order valence-electron chi connectivity index (χ4n) is 1.90. The second-order valence-corrected chi connectivity index (χ2v) is 4.81. The molecule has 0 aliphatic rings. The Morgan fingerprint density at radius 1 is 1.18 bits per heavy atom. The molecule has 0 bridgehead atoms. The van der Waals surface area contributed by atoms with Crippen LogP contribution in [0.1, 0.15) is 18.9 Å². The summed E-state index contributed by atoms with van der Waals surface area (Å²) in [7, 11) is 0. The van der Waals surface area contributed by atoms with Crippen molar-refractivity contribution < 1.29 is 18.3 Å². The fourth-order valence-corrected chi connectivity index (χ4v) is 1.90. The molecule has 2 rings (SSSR count). The number of hydrogen-bond donors (Lipinski definition) is 2. The second kappa shape index (κ2) is 6.74. The second-order valence-electron chi connectivity index (χ2n) is 4.81. The van der Waals surface area contributed by atoms with Crippen LogP contribution in [0.2, 0.25) is 0 Å². The first-order valence-electron chi connectivity index (χ1n) is 6.82. The monoisotopic (exact) mass is 311 g/mol. The predicted molar refractivity (Wildman–Crippen MR) is 77.3 cm³/mol. The number of nitrogens with zero attached hydrogens (tertiary/aromatic N) is 2. The van der Waals surface area contributed by atoms with E-state index in [0.29, 0.717) is 23.5 Å². The zero-order valence-electron chi connectivity index (χ0n) is 11.9. The molecule has 0 spiro atoms. The number of aliphatic hydroxyl groups is 1. The summed E-state index contributed by atoms with van der Waals surface area (Å²) < 4.78 is 38.1. The van der Waals surface area contributed by atoms with Crippen molar-refractivity contribution in [3.63, 3.8) is 0 Å². The van der Waals surface area contributed by atoms with Gasteiger partial charge in [-0.1, -0.05) is 19.1 Å². The summed E-state index contributed by atoms with van der Waals surface area (Å²) in [5.41, 5.74) is -0.0166. The maximum Gasteiger partial charge on any atom is 0.416 e. The van der Waals surface area contributed by atoms with E-state index >= 15 is 0 Å². The Morgan fingerprint density at radius 2 is 1.95 bits per heavy atom. The maximum atomic E-state index is 12.7. The highest BCUT2D eigenvalue weighted by atomic mass is 19.4. The van der Waals surface area contributed by atoms with Gasteiger partial charge in [-0.05, 0) is 30.7 Å². The summed E-state index contributed by atoms with van der Waals surface area (Å²) in [5, 5.41) is 20.0. The van der Waals surface area contributed by atoms with Gasteiger partial charge in [-0.3, -0.25) is 0 Å². The minimum atomic E-state index is -4.39. The molecule has 0 saturated carbocycles. The summed E-state index contributed by atoms with van der Waals surface area (Å²) >= 11 is 0. The molecule has 1 atom stereocenters. The van der Waals surface area contributed by atoms with Crippen LogP contribution in [0.15, 0.2) is 36.4 Å². The largest absolute Gasteiger partial charge is 0.416 e. The summed E-state index contributed by atoms with van der Waals surface area (Å²) in [6, 6.07) is 8.03. The van der Waals surface area contributed by atoms with E-state index in [4.69, 9.17) is 5.11 Å². The number of rotatable bonds is 5. The SMILES string of the molecule is CCC(CO)Nc1ccc(-c2cccc(C(F)(F)F)c2)nn1. The summed E-state index contributed by atoms with van der Waals surface area (Å²) in [6.45, 7) is 1.88. The van der Waals surface area contributed by atoms with Gasteiger partial charge >= 0.3 is 6.18 Å². The Morgan fingerprint density at radius 3 is 2.50 bits per heavy atom. The molecule has 7 heteroatoms. The number of alkyl halides is 3. The van der Waals surface area contributed by atoms with Crippen LogP contribution in [0.5, 0.6) is 0 Å². The van der Waals surface area contributed by atoms with Crippen LogP contribution in [-0.4, -0.2) is 28.0 Å². The molecule has 118 valence electrons. The van der Waals surface area contributed by atoms with E-state index in [0.717, 1.165) is 12.1 Å². The molecule has 1 unspecified atom stereocenters. The zero-order valence-corrected chi connectivity index (χ0v) is 11.9. The Kier molecular flexibility index (Phi) is 4.97. The third-order valence-electron chi connectivity index (χ3n) is 3.22. The number of benzene rings is 1. The molecule has 0 aliphatic carbocycles. The van der Waals surface area contributed by atoms with E-state index in [1.807, 2.05) is 6.92 Å². The van der Waals surface area contributed by atoms with Gasteiger partial charge in [-0.2, -0.15) is 13.2 Å². The molecule has 2 aromatic rings. The molecule has 4 nitrogen and oxygen atoms in total. The van der Waals surface area contributed by atoms with Crippen molar-refractivity contribution in [2.45, 2.75) is 25.6 Å². The van der Waals surface area contributed by atoms with Gasteiger partial charge in [0.15, 0.2) is 0 Å². The van der Waals surface area contributed by atoms with Gasteiger partial charge in [0.25, 0.3) is 0 Å². The van der Waals surface area contributed by atoms with Crippen molar-refractivity contribution >= 4 is 5.82 Å². The quantitative estimate of drug-likeness (QED) is 0.889. The van der Waals surface area contributed by atoms with Crippen LogP contribution in [0.4, 0.5) is 19.0 Å². The predicted octanol–water partition coefficient (Wildman–Crippen LogP) is 3.35. The topological polar surface area (TPSA) is 58.0 Å². The molecule has 0 saturated heterocycles. The maximum absolute atomic E-state index is 12.7. The summed E-state index contributed by atoms with van der Waals surface area (Å²) in [6.07, 6.45) is -3.67. The lowest BCUT2D eigenvalue weighted by Crippen LogP contribution is -2.23. The summed E-state index contributed by atoms with van der Waals surface area (Å²) in [5.74, 6) is 0.469. The molecule has 1 aromatic heterocycles. The van der Waals surface area contributed by atoms with Gasteiger partial charge in [-0.25, -0.2) is 0 Å². The normalized spacial score (nSPS) is 13.0. The standard InChI is InChI=1S/C15H16F3N3O/c1-2-12(9-22)19-14-7-6-13(20-21-14)10-4-3-5-11(8-10)15(16,17)18/h3-8,12,22H,2,9H2,1H3,(H,19,21). The lowest BCUT2D eigenvalue weighted by atomic mass is 10.1. The molecular weight excluding hydrogens is 295 g/mol. The van der Waals surface area contributed by atoms with Gasteiger partial charge in [0, 0.05) is 5.56 Å². The van der Waals surface area contributed by atoms with Crippen molar-refractivity contribution in [1.82, 2.24) is 10.2 Å². The molecule has 0 radical (unpaired) electrons. The smallest absolute Gasteiger partial charge is 0.394 e. The van der Waals surface area contributed by atoms with E-state index < -0.39 is 11.7 Å². The van der Waals surface area contributed by atoms with Crippen molar-refractivity contribution in [3.8, 4) is 11.3 Å². The van der Waals surface area contributed by atoms with E-state index in [-0.39, 0.29) is 12.6 Å². The van der Waals surface area contributed by atoms with Gasteiger partial charge < -0.3 is 10.4 Å². The first kappa shape index (κ1) is 16.2. The average molecular weight is 311 g/mol. The number of halogens is 3. The molecule has 1 aromatic carbocycles. The van der Waals surface area contributed by atoms with Crippen molar-refractivity contribution in [1.29, 1.82) is 0 Å². The molecule has 22 heavy (non-hydrogen) atoms. The number of nitrogens with one attached hydrogen (secondary N) is 1. The van der Waals surface area contributed by atoms with Crippen LogP contribution in [-0.2, 0) is 6.18 Å². The Hall–Kier alpha value is -2.15. The molecule has 1 heterocycles. The van der Waals surface area contributed by atoms with Gasteiger partial charge in [-0.15, -0.1) is 10.2 Å². The van der Waals surface area contributed by atoms with E-state index in [2.05, 4.69) is 15.5 Å². The minimum absolute atomic E-state index is 0.0342. The minimum Gasteiger partial charge on any atom is -0.394 e. The number of aromatic nitrogens is 2.